The number of ether oxygens (including phenoxy) is 3. The van der Waals surface area contributed by atoms with E-state index >= 15 is 0 Å². The van der Waals surface area contributed by atoms with Gasteiger partial charge in [0.25, 0.3) is 0 Å². The molecule has 11 heteroatoms. The predicted molar refractivity (Wildman–Crippen MR) is 205 cm³/mol. The molecule has 0 saturated carbocycles. The summed E-state index contributed by atoms with van der Waals surface area (Å²) in [7, 11) is 0. The zero-order valence-electron chi connectivity index (χ0n) is 31.3. The second-order valence-corrected chi connectivity index (χ2v) is 14.4. The van der Waals surface area contributed by atoms with Crippen LogP contribution in [0.3, 0.4) is 0 Å². The van der Waals surface area contributed by atoms with Crippen LogP contribution in [0.15, 0.2) is 67.0 Å². The lowest BCUT2D eigenvalue weighted by molar-refractivity contribution is -0.142. The second-order valence-electron chi connectivity index (χ2n) is 14.4. The van der Waals surface area contributed by atoms with E-state index in [0.29, 0.717) is 34.8 Å². The first-order chi connectivity index (χ1) is 26.1. The summed E-state index contributed by atoms with van der Waals surface area (Å²) >= 11 is 0. The van der Waals surface area contributed by atoms with Gasteiger partial charge < -0.3 is 34.4 Å². The van der Waals surface area contributed by atoms with Crippen LogP contribution in [0, 0.1) is 25.2 Å². The van der Waals surface area contributed by atoms with Crippen LogP contribution in [-0.2, 0) is 24.4 Å². The van der Waals surface area contributed by atoms with E-state index < -0.39 is 18.1 Å². The first-order valence-corrected chi connectivity index (χ1v) is 18.8. The van der Waals surface area contributed by atoms with E-state index in [2.05, 4.69) is 58.5 Å². The molecule has 1 saturated heterocycles. The summed E-state index contributed by atoms with van der Waals surface area (Å²) in [5, 5.41) is 41.7. The molecule has 54 heavy (non-hydrogen) atoms. The number of carbonyl (C=O) groups is 1. The Morgan fingerprint density at radius 3 is 2.56 bits per heavy atom. The van der Waals surface area contributed by atoms with Crippen molar-refractivity contribution < 1.29 is 34.3 Å². The van der Waals surface area contributed by atoms with Crippen LogP contribution < -0.4 is 19.5 Å². The molecule has 3 atom stereocenters. The van der Waals surface area contributed by atoms with E-state index in [1.807, 2.05) is 25.1 Å². The van der Waals surface area contributed by atoms with E-state index in [1.165, 1.54) is 24.2 Å². The first kappa shape index (κ1) is 38.7. The fraction of sp³-hybridized carbons (Fsp3) is 0.419. The maximum Gasteiger partial charge on any atom is 0.323 e. The van der Waals surface area contributed by atoms with Gasteiger partial charge in [0.15, 0.2) is 0 Å². The van der Waals surface area contributed by atoms with Gasteiger partial charge in [-0.2, -0.15) is 5.26 Å². The van der Waals surface area contributed by atoms with Crippen LogP contribution in [0.2, 0.25) is 0 Å². The topological polar surface area (TPSA) is 157 Å². The number of nitrogens with one attached hydrogen (secondary N) is 1. The minimum absolute atomic E-state index is 0.135. The first-order valence-electron chi connectivity index (χ1n) is 18.8. The monoisotopic (exact) mass is 734 g/mol. The van der Waals surface area contributed by atoms with E-state index in [-0.39, 0.29) is 25.4 Å². The molecule has 1 fully saturated rings. The summed E-state index contributed by atoms with van der Waals surface area (Å²) in [6, 6.07) is 19.0. The number of aliphatic hydroxyl groups is 2. The molecule has 1 aliphatic carbocycles. The number of aryl methyl sites for hydroxylation is 1. The number of rotatable bonds is 16. The Balaban J connectivity index is 1.19. The Bertz CT molecular complexity index is 1970. The number of fused-ring (bicyclic) bond motifs is 1. The molecular formula is C43H50N4O7. The SMILES string of the molecule is Cc1cc(CN[C@H](C(=O)O)[C@@H](C)O)c(OCc2cncc(C#N)c2)cc1O[C@H]1CCc2c(-c3cccc(OCCCN4CCC(O)CC4)c3C)cccc21. The van der Waals surface area contributed by atoms with Crippen LogP contribution in [0.25, 0.3) is 11.1 Å². The Morgan fingerprint density at radius 1 is 1.02 bits per heavy atom. The number of nitrogens with zero attached hydrogens (tertiary/aromatic N) is 3. The minimum Gasteiger partial charge on any atom is -0.493 e. The van der Waals surface area contributed by atoms with Gasteiger partial charge in [-0.25, -0.2) is 0 Å². The van der Waals surface area contributed by atoms with Gasteiger partial charge in [-0.1, -0.05) is 30.3 Å². The van der Waals surface area contributed by atoms with Gasteiger partial charge in [0.1, 0.15) is 42.1 Å². The third-order valence-electron chi connectivity index (χ3n) is 10.4. The normalized spacial score (nSPS) is 17.0. The third kappa shape index (κ3) is 9.38. The number of piperidine rings is 1. The van der Waals surface area contributed by atoms with Crippen molar-refractivity contribution in [3.8, 4) is 34.4 Å². The standard InChI is InChI=1S/C43H50N4O7/c1-27-19-32(25-46-42(29(3)48)43(50)51)41(53-26-31-20-30(22-44)23-45-24-31)21-40(27)54-39-12-11-36-35(8-4-9-37(36)39)34-7-5-10-38(28(34)2)52-18-6-15-47-16-13-33(49)14-17-47/h4-5,7-10,19-21,23-24,29,33,39,42,46,48-49H,6,11-18,25-26H2,1-3H3,(H,50,51)/t29-,39+,42+/m1/s1. The molecule has 4 aromatic rings. The van der Waals surface area contributed by atoms with E-state index in [0.717, 1.165) is 79.7 Å². The van der Waals surface area contributed by atoms with Crippen LogP contribution in [-0.4, -0.2) is 75.7 Å². The number of aliphatic carboxylic acids is 1. The average Bonchev–Trinajstić information content (AvgIpc) is 3.58. The quantitative estimate of drug-likeness (QED) is 0.0997. The molecule has 0 bridgehead atoms. The molecule has 3 aromatic carbocycles. The zero-order chi connectivity index (χ0) is 38.2. The van der Waals surface area contributed by atoms with Gasteiger partial charge in [-0.3, -0.25) is 15.1 Å². The highest BCUT2D eigenvalue weighted by Crippen LogP contribution is 2.43. The van der Waals surface area contributed by atoms with Crippen molar-refractivity contribution in [2.45, 2.75) is 90.4 Å². The zero-order valence-corrected chi connectivity index (χ0v) is 31.3. The summed E-state index contributed by atoms with van der Waals surface area (Å²) in [5.74, 6) is 0.886. The summed E-state index contributed by atoms with van der Waals surface area (Å²) in [5.41, 5.74) is 8.52. The smallest absolute Gasteiger partial charge is 0.323 e. The molecule has 6 rings (SSSR count). The number of benzene rings is 3. The Labute approximate surface area is 317 Å². The van der Waals surface area contributed by atoms with Gasteiger partial charge in [0.05, 0.1) is 24.4 Å². The van der Waals surface area contributed by atoms with Crippen molar-refractivity contribution >= 4 is 5.97 Å². The summed E-state index contributed by atoms with van der Waals surface area (Å²) in [6.07, 6.45) is 5.94. The number of pyridine rings is 1. The molecule has 1 aromatic heterocycles. The van der Waals surface area contributed by atoms with Gasteiger partial charge in [-0.15, -0.1) is 0 Å². The molecule has 0 spiro atoms. The fourth-order valence-electron chi connectivity index (χ4n) is 7.42. The molecule has 4 N–H and O–H groups in total. The molecule has 2 aliphatic rings. The number of aromatic nitrogens is 1. The fourth-order valence-corrected chi connectivity index (χ4v) is 7.42. The van der Waals surface area contributed by atoms with Crippen LogP contribution >= 0.6 is 0 Å². The number of carboxylic acid groups (broad SMARTS) is 1. The lowest BCUT2D eigenvalue weighted by Gasteiger charge is -2.29. The number of likely N-dealkylation sites (tertiary alicyclic amines) is 1. The van der Waals surface area contributed by atoms with Crippen LogP contribution in [0.4, 0.5) is 0 Å². The highest BCUT2D eigenvalue weighted by atomic mass is 16.5. The van der Waals surface area contributed by atoms with Gasteiger partial charge in [-0.05, 0) is 104 Å². The van der Waals surface area contributed by atoms with Crippen molar-refractivity contribution in [2.24, 2.45) is 0 Å². The number of aliphatic hydroxyl groups excluding tert-OH is 2. The summed E-state index contributed by atoms with van der Waals surface area (Å²) < 4.78 is 19.3. The van der Waals surface area contributed by atoms with Gasteiger partial charge in [0, 0.05) is 55.8 Å². The molecular weight excluding hydrogens is 684 g/mol. The second kappa shape index (κ2) is 17.9. The number of hydrogen-bond acceptors (Lipinski definition) is 10. The maximum absolute atomic E-state index is 11.8. The molecule has 1 aliphatic heterocycles. The average molecular weight is 735 g/mol. The number of nitriles is 1. The van der Waals surface area contributed by atoms with E-state index in [1.54, 1.807) is 12.3 Å². The van der Waals surface area contributed by atoms with Gasteiger partial charge >= 0.3 is 5.97 Å². The maximum atomic E-state index is 11.8. The van der Waals surface area contributed by atoms with Crippen molar-refractivity contribution in [1.82, 2.24) is 15.2 Å². The van der Waals surface area contributed by atoms with Gasteiger partial charge in [0.2, 0.25) is 0 Å². The van der Waals surface area contributed by atoms with E-state index in [9.17, 15) is 25.4 Å². The molecule has 2 heterocycles. The van der Waals surface area contributed by atoms with Crippen molar-refractivity contribution in [3.05, 3.63) is 106 Å². The van der Waals surface area contributed by atoms with Crippen molar-refractivity contribution in [2.75, 3.05) is 26.2 Å². The highest BCUT2D eigenvalue weighted by Gasteiger charge is 2.29. The highest BCUT2D eigenvalue weighted by molar-refractivity contribution is 5.75. The minimum atomic E-state index is -1.16. The van der Waals surface area contributed by atoms with Crippen LogP contribution in [0.1, 0.15) is 77.7 Å². The Hall–Kier alpha value is -4.99. The Morgan fingerprint density at radius 2 is 1.80 bits per heavy atom. The number of carboxylic acids is 1. The van der Waals surface area contributed by atoms with E-state index in [4.69, 9.17) is 14.2 Å². The molecule has 0 amide bonds. The van der Waals surface area contributed by atoms with Crippen LogP contribution in [0.5, 0.6) is 17.2 Å². The predicted octanol–water partition coefficient (Wildman–Crippen LogP) is 6.03. The largest absolute Gasteiger partial charge is 0.493 e. The number of hydrogen-bond donors (Lipinski definition) is 4. The Kier molecular flexibility index (Phi) is 12.8. The lowest BCUT2D eigenvalue weighted by Crippen LogP contribution is -2.44. The molecule has 0 radical (unpaired) electrons. The molecule has 0 unspecified atom stereocenters. The molecule has 11 nitrogen and oxygen atoms in total. The summed E-state index contributed by atoms with van der Waals surface area (Å²) in [4.78, 5) is 18.3. The van der Waals surface area contributed by atoms with Crippen molar-refractivity contribution in [1.29, 1.82) is 5.26 Å². The lowest BCUT2D eigenvalue weighted by atomic mass is 9.93. The van der Waals surface area contributed by atoms with Crippen molar-refractivity contribution in [3.63, 3.8) is 0 Å². The summed E-state index contributed by atoms with van der Waals surface area (Å²) in [6.45, 7) is 9.25. The molecule has 284 valence electrons. The third-order valence-corrected chi connectivity index (χ3v) is 10.4.